The van der Waals surface area contributed by atoms with Crippen molar-refractivity contribution in [3.63, 3.8) is 0 Å². The molecule has 0 bridgehead atoms. The molecule has 0 unspecified atom stereocenters. The quantitative estimate of drug-likeness (QED) is 0.368. The van der Waals surface area contributed by atoms with E-state index in [-0.39, 0.29) is 38.9 Å². The number of amides is 1. The Hall–Kier alpha value is -1.96. The van der Waals surface area contributed by atoms with Crippen LogP contribution >= 0.6 is 34.8 Å². The van der Waals surface area contributed by atoms with Gasteiger partial charge in [0.05, 0.1) is 45.1 Å². The SMILES string of the molecule is CCOC(=O)[C@@H](C)Cc1ccc(Cl)c(NC(=O)[C@H](c2ccc(Cl)c(Cl)c2)[C@@H](C)C(F)(F)F)c1. The molecule has 0 aliphatic rings. The first-order valence-electron chi connectivity index (χ1n) is 10.1. The van der Waals surface area contributed by atoms with Crippen LogP contribution in [0.5, 0.6) is 0 Å². The fourth-order valence-electron chi connectivity index (χ4n) is 3.29. The molecule has 4 nitrogen and oxygen atoms in total. The highest BCUT2D eigenvalue weighted by Gasteiger charge is 2.45. The zero-order valence-electron chi connectivity index (χ0n) is 18.1. The highest BCUT2D eigenvalue weighted by Crippen LogP contribution is 2.40. The summed E-state index contributed by atoms with van der Waals surface area (Å²) in [5, 5.41) is 2.84. The number of esters is 1. The van der Waals surface area contributed by atoms with Crippen LogP contribution in [0.4, 0.5) is 18.9 Å². The second-order valence-electron chi connectivity index (χ2n) is 7.64. The summed E-state index contributed by atoms with van der Waals surface area (Å²) < 4.78 is 45.7. The van der Waals surface area contributed by atoms with Crippen molar-refractivity contribution in [3.05, 3.63) is 62.6 Å². The normalized spacial score (nSPS) is 14.3. The molecule has 1 N–H and O–H groups in total. The van der Waals surface area contributed by atoms with Crippen molar-refractivity contribution in [2.75, 3.05) is 11.9 Å². The van der Waals surface area contributed by atoms with Crippen LogP contribution in [0.15, 0.2) is 36.4 Å². The van der Waals surface area contributed by atoms with E-state index in [0.717, 1.165) is 6.92 Å². The predicted molar refractivity (Wildman–Crippen MR) is 124 cm³/mol. The summed E-state index contributed by atoms with van der Waals surface area (Å²) in [7, 11) is 0. The van der Waals surface area contributed by atoms with Crippen molar-refractivity contribution >= 4 is 52.4 Å². The number of carbonyl (C=O) groups excluding carboxylic acids is 2. The Morgan fingerprint density at radius 1 is 1.00 bits per heavy atom. The molecule has 0 aromatic heterocycles. The van der Waals surface area contributed by atoms with Crippen LogP contribution in [0, 0.1) is 11.8 Å². The number of nitrogens with one attached hydrogen (secondary N) is 1. The third-order valence-corrected chi connectivity index (χ3v) is 6.19. The van der Waals surface area contributed by atoms with E-state index in [0.29, 0.717) is 12.0 Å². The molecule has 0 aliphatic heterocycles. The van der Waals surface area contributed by atoms with Crippen LogP contribution < -0.4 is 5.32 Å². The van der Waals surface area contributed by atoms with Crippen molar-refractivity contribution in [1.82, 2.24) is 0 Å². The lowest BCUT2D eigenvalue weighted by atomic mass is 9.85. The smallest absolute Gasteiger partial charge is 0.392 e. The molecular weight excluding hydrogens is 502 g/mol. The maximum absolute atomic E-state index is 13.6. The zero-order valence-corrected chi connectivity index (χ0v) is 20.4. The van der Waals surface area contributed by atoms with E-state index in [1.807, 2.05) is 0 Å². The Balaban J connectivity index is 2.35. The molecule has 33 heavy (non-hydrogen) atoms. The van der Waals surface area contributed by atoms with Crippen molar-refractivity contribution < 1.29 is 27.5 Å². The van der Waals surface area contributed by atoms with Gasteiger partial charge in [0.15, 0.2) is 0 Å². The van der Waals surface area contributed by atoms with Gasteiger partial charge in [-0.1, -0.05) is 60.8 Å². The van der Waals surface area contributed by atoms with Gasteiger partial charge in [-0.2, -0.15) is 13.2 Å². The number of rotatable bonds is 8. The molecule has 0 radical (unpaired) electrons. The standard InChI is InChI=1S/C23H23Cl3F3NO3/c1-4-33-22(32)12(2)9-14-5-7-17(25)19(10-14)30-21(31)20(13(3)23(27,28)29)15-6-8-16(24)18(26)11-15/h5-8,10-13,20H,4,9H2,1-3H3,(H,30,31)/t12-,13+,20-/m0/s1. The lowest BCUT2D eigenvalue weighted by molar-refractivity contribution is -0.178. The molecule has 0 aliphatic carbocycles. The minimum Gasteiger partial charge on any atom is -0.466 e. The number of hydrogen-bond donors (Lipinski definition) is 1. The van der Waals surface area contributed by atoms with E-state index < -0.39 is 29.8 Å². The third kappa shape index (κ3) is 7.26. The summed E-state index contributed by atoms with van der Waals surface area (Å²) in [4.78, 5) is 25.0. The summed E-state index contributed by atoms with van der Waals surface area (Å²) in [5.74, 6) is -5.35. The van der Waals surface area contributed by atoms with Crippen LogP contribution in [0.3, 0.4) is 0 Å². The Morgan fingerprint density at radius 2 is 1.64 bits per heavy atom. The Labute approximate surface area is 205 Å². The van der Waals surface area contributed by atoms with E-state index in [1.165, 1.54) is 30.3 Å². The number of hydrogen-bond acceptors (Lipinski definition) is 3. The number of benzene rings is 2. The summed E-state index contributed by atoms with van der Waals surface area (Å²) in [6, 6.07) is 8.62. The van der Waals surface area contributed by atoms with Gasteiger partial charge in [0.25, 0.3) is 0 Å². The number of halogens is 6. The minimum atomic E-state index is -4.64. The van der Waals surface area contributed by atoms with Crippen molar-refractivity contribution in [2.24, 2.45) is 11.8 Å². The number of carbonyl (C=O) groups is 2. The van der Waals surface area contributed by atoms with Gasteiger partial charge >= 0.3 is 12.1 Å². The van der Waals surface area contributed by atoms with Crippen molar-refractivity contribution in [1.29, 1.82) is 0 Å². The van der Waals surface area contributed by atoms with Crippen molar-refractivity contribution in [2.45, 2.75) is 39.3 Å². The molecule has 3 atom stereocenters. The van der Waals surface area contributed by atoms with Gasteiger partial charge in [0, 0.05) is 0 Å². The fourth-order valence-corrected chi connectivity index (χ4v) is 3.76. The van der Waals surface area contributed by atoms with Crippen LogP contribution in [0.2, 0.25) is 15.1 Å². The highest BCUT2D eigenvalue weighted by atomic mass is 35.5. The molecule has 0 saturated heterocycles. The molecule has 0 fully saturated rings. The summed E-state index contributed by atoms with van der Waals surface area (Å²) >= 11 is 18.0. The van der Waals surface area contributed by atoms with Gasteiger partial charge in [-0.25, -0.2) is 0 Å². The zero-order chi connectivity index (χ0) is 24.9. The van der Waals surface area contributed by atoms with Crippen LogP contribution in [-0.2, 0) is 20.7 Å². The molecule has 0 saturated carbocycles. The third-order valence-electron chi connectivity index (χ3n) is 5.12. The van der Waals surface area contributed by atoms with E-state index in [1.54, 1.807) is 19.9 Å². The molecule has 180 valence electrons. The maximum atomic E-state index is 13.6. The fraction of sp³-hybridized carbons (Fsp3) is 0.391. The van der Waals surface area contributed by atoms with Gasteiger partial charge in [-0.05, 0) is 48.7 Å². The van der Waals surface area contributed by atoms with Gasteiger partial charge < -0.3 is 10.1 Å². The van der Waals surface area contributed by atoms with Crippen LogP contribution in [0.25, 0.3) is 0 Å². The van der Waals surface area contributed by atoms with Crippen LogP contribution in [-0.4, -0.2) is 24.7 Å². The van der Waals surface area contributed by atoms with E-state index in [2.05, 4.69) is 5.32 Å². The lowest BCUT2D eigenvalue weighted by Gasteiger charge is -2.26. The van der Waals surface area contributed by atoms with Gasteiger partial charge in [0.1, 0.15) is 0 Å². The Bertz CT molecular complexity index is 1010. The molecular formula is C23H23Cl3F3NO3. The topological polar surface area (TPSA) is 55.4 Å². The first kappa shape index (κ1) is 27.3. The average Bonchev–Trinajstić information content (AvgIpc) is 2.72. The Morgan fingerprint density at radius 3 is 2.21 bits per heavy atom. The average molecular weight is 525 g/mol. The second-order valence-corrected chi connectivity index (χ2v) is 8.86. The number of anilines is 1. The molecule has 0 spiro atoms. The summed E-state index contributed by atoms with van der Waals surface area (Å²) in [5.41, 5.74) is 0.856. The summed E-state index contributed by atoms with van der Waals surface area (Å²) in [6.07, 6.45) is -4.34. The molecule has 10 heteroatoms. The predicted octanol–water partition coefficient (Wildman–Crippen LogP) is 7.31. The van der Waals surface area contributed by atoms with E-state index in [4.69, 9.17) is 39.5 Å². The van der Waals surface area contributed by atoms with E-state index in [9.17, 15) is 22.8 Å². The second kappa shape index (κ2) is 11.4. The minimum absolute atomic E-state index is 0.0364. The largest absolute Gasteiger partial charge is 0.466 e. The molecule has 2 aromatic carbocycles. The van der Waals surface area contributed by atoms with Gasteiger partial charge in [-0.3, -0.25) is 9.59 Å². The first-order chi connectivity index (χ1) is 15.3. The number of alkyl halides is 3. The molecule has 2 rings (SSSR count). The maximum Gasteiger partial charge on any atom is 0.392 e. The monoisotopic (exact) mass is 523 g/mol. The van der Waals surface area contributed by atoms with Gasteiger partial charge in [0.2, 0.25) is 5.91 Å². The number of ether oxygens (including phenoxy) is 1. The molecule has 1 amide bonds. The lowest BCUT2D eigenvalue weighted by Crippen LogP contribution is -2.34. The highest BCUT2D eigenvalue weighted by molar-refractivity contribution is 6.42. The van der Waals surface area contributed by atoms with Crippen molar-refractivity contribution in [3.8, 4) is 0 Å². The first-order valence-corrected chi connectivity index (χ1v) is 11.3. The molecule has 0 heterocycles. The Kier molecular flexibility index (Phi) is 9.47. The summed E-state index contributed by atoms with van der Waals surface area (Å²) in [6.45, 7) is 4.56. The van der Waals surface area contributed by atoms with E-state index >= 15 is 0 Å². The van der Waals surface area contributed by atoms with Crippen LogP contribution in [0.1, 0.15) is 37.8 Å². The molecule has 2 aromatic rings. The van der Waals surface area contributed by atoms with Gasteiger partial charge in [-0.15, -0.1) is 0 Å².